The number of amides is 2. The molecule has 3 N–H and O–H groups in total. The van der Waals surface area contributed by atoms with Crippen LogP contribution in [-0.2, 0) is 4.79 Å². The summed E-state index contributed by atoms with van der Waals surface area (Å²) in [6, 6.07) is 0.398. The molecule has 27 heavy (non-hydrogen) atoms. The van der Waals surface area contributed by atoms with Crippen LogP contribution in [-0.4, -0.2) is 45.0 Å². The van der Waals surface area contributed by atoms with Crippen molar-refractivity contribution in [3.8, 4) is 0 Å². The summed E-state index contributed by atoms with van der Waals surface area (Å²) in [4.78, 5) is 25.8. The van der Waals surface area contributed by atoms with Crippen LogP contribution in [0.3, 0.4) is 0 Å². The average molecular weight is 414 g/mol. The van der Waals surface area contributed by atoms with Crippen molar-refractivity contribution in [1.82, 2.24) is 10.2 Å². The normalized spacial score (nSPS) is 19.5. The number of amidine groups is 1. The van der Waals surface area contributed by atoms with Crippen molar-refractivity contribution in [2.45, 2.75) is 83.2 Å². The second-order valence-corrected chi connectivity index (χ2v) is 9.47. The first-order valence-electron chi connectivity index (χ1n) is 9.88. The number of hydrogen-bond donors (Lipinski definition) is 3. The van der Waals surface area contributed by atoms with Crippen molar-refractivity contribution in [3.63, 3.8) is 0 Å². The third kappa shape index (κ3) is 7.41. The molecular formula is C19H31N3O3S2. The van der Waals surface area contributed by atoms with Gasteiger partial charge < -0.3 is 10.0 Å². The molecule has 0 heterocycles. The van der Waals surface area contributed by atoms with Crippen LogP contribution in [0.4, 0.5) is 4.79 Å². The van der Waals surface area contributed by atoms with Gasteiger partial charge in [-0.15, -0.1) is 11.8 Å². The lowest BCUT2D eigenvalue weighted by atomic mass is 9.89. The number of carboxylic acids is 1. The van der Waals surface area contributed by atoms with Gasteiger partial charge in [0, 0.05) is 16.3 Å². The van der Waals surface area contributed by atoms with E-state index in [1.54, 1.807) is 6.08 Å². The molecule has 0 aliphatic heterocycles. The molecule has 0 aromatic heterocycles. The van der Waals surface area contributed by atoms with Crippen LogP contribution in [0.2, 0.25) is 0 Å². The molecule has 2 fully saturated rings. The number of allylic oxidation sites excluding steroid dienone is 1. The summed E-state index contributed by atoms with van der Waals surface area (Å²) in [5, 5.41) is 19.8. The van der Waals surface area contributed by atoms with Crippen molar-refractivity contribution in [2.24, 2.45) is 0 Å². The molecule has 0 saturated heterocycles. The van der Waals surface area contributed by atoms with Gasteiger partial charge in [0.05, 0.1) is 5.75 Å². The fourth-order valence-electron chi connectivity index (χ4n) is 3.94. The van der Waals surface area contributed by atoms with Crippen molar-refractivity contribution in [2.75, 3.05) is 5.75 Å². The molecule has 0 bridgehead atoms. The first kappa shape index (κ1) is 22.1. The monoisotopic (exact) mass is 413 g/mol. The highest BCUT2D eigenvalue weighted by molar-refractivity contribution is 8.29. The zero-order valence-corrected chi connectivity index (χ0v) is 17.7. The summed E-state index contributed by atoms with van der Waals surface area (Å²) in [5.74, 6) is -0.944. The quantitative estimate of drug-likeness (QED) is 0.420. The predicted octanol–water partition coefficient (Wildman–Crippen LogP) is 5.01. The summed E-state index contributed by atoms with van der Waals surface area (Å²) >= 11 is 2.28. The summed E-state index contributed by atoms with van der Waals surface area (Å²) < 4.78 is 0.713. The number of nitrogens with one attached hydrogen (secondary N) is 2. The van der Waals surface area contributed by atoms with E-state index < -0.39 is 5.97 Å². The molecule has 0 aromatic rings. The fourth-order valence-corrected chi connectivity index (χ4v) is 5.49. The molecule has 2 aliphatic rings. The van der Waals surface area contributed by atoms with E-state index in [9.17, 15) is 9.59 Å². The zero-order chi connectivity index (χ0) is 19.6. The van der Waals surface area contributed by atoms with E-state index in [-0.39, 0.29) is 29.0 Å². The highest BCUT2D eigenvalue weighted by atomic mass is 32.2. The number of carbonyl (C=O) groups excluding carboxylic acids is 1. The summed E-state index contributed by atoms with van der Waals surface area (Å²) in [6.07, 6.45) is 13.2. The van der Waals surface area contributed by atoms with Crippen LogP contribution in [0.1, 0.15) is 71.1 Å². The largest absolute Gasteiger partial charge is 0.481 e. The zero-order valence-electron chi connectivity index (χ0n) is 16.0. The van der Waals surface area contributed by atoms with Crippen LogP contribution >= 0.6 is 23.5 Å². The lowest BCUT2D eigenvalue weighted by Gasteiger charge is -2.41. The Morgan fingerprint density at radius 2 is 1.59 bits per heavy atom. The second-order valence-electron chi connectivity index (χ2n) is 7.14. The van der Waals surface area contributed by atoms with E-state index in [4.69, 9.17) is 10.5 Å². The van der Waals surface area contributed by atoms with Gasteiger partial charge in [0.15, 0.2) is 5.17 Å². The highest BCUT2D eigenvalue weighted by Gasteiger charge is 2.32. The maximum absolute atomic E-state index is 13.0. The van der Waals surface area contributed by atoms with Gasteiger partial charge >= 0.3 is 12.0 Å². The molecule has 152 valence electrons. The van der Waals surface area contributed by atoms with Gasteiger partial charge in [-0.2, -0.15) is 0 Å². The molecule has 2 saturated carbocycles. The lowest BCUT2D eigenvalue weighted by Crippen LogP contribution is -2.53. The smallest absolute Gasteiger partial charge is 0.323 e. The molecule has 2 aliphatic carbocycles. The number of hydrogen-bond acceptors (Lipinski definition) is 5. The maximum atomic E-state index is 13.0. The minimum Gasteiger partial charge on any atom is -0.481 e. The number of thioether (sulfide) groups is 2. The molecule has 8 heteroatoms. The van der Waals surface area contributed by atoms with E-state index in [2.05, 4.69) is 5.32 Å². The number of urea groups is 1. The van der Waals surface area contributed by atoms with Gasteiger partial charge in [-0.25, -0.2) is 4.79 Å². The Balaban J connectivity index is 1.96. The highest BCUT2D eigenvalue weighted by Crippen LogP contribution is 2.31. The van der Waals surface area contributed by atoms with E-state index >= 15 is 0 Å². The summed E-state index contributed by atoms with van der Waals surface area (Å²) in [5.41, 5.74) is 0. The third-order valence-electron chi connectivity index (χ3n) is 5.17. The summed E-state index contributed by atoms with van der Waals surface area (Å²) in [7, 11) is 0. The molecule has 0 spiro atoms. The van der Waals surface area contributed by atoms with E-state index in [1.807, 2.05) is 11.8 Å². The van der Waals surface area contributed by atoms with Crippen molar-refractivity contribution in [3.05, 3.63) is 10.3 Å². The van der Waals surface area contributed by atoms with Crippen molar-refractivity contribution in [1.29, 1.82) is 5.41 Å². The first-order chi connectivity index (χ1) is 13.0. The third-order valence-corrected chi connectivity index (χ3v) is 7.43. The maximum Gasteiger partial charge on any atom is 0.323 e. The van der Waals surface area contributed by atoms with Gasteiger partial charge in [0.2, 0.25) is 0 Å². The van der Waals surface area contributed by atoms with Gasteiger partial charge in [0.1, 0.15) is 0 Å². The Bertz CT molecular complexity index is 538. The molecule has 0 radical (unpaired) electrons. The SMILES string of the molecule is CC=C(SCC(=O)O)SC(=N)NC(=O)N(C1CCCCC1)C1CCCCC1. The molecule has 2 rings (SSSR count). The Kier molecular flexibility index (Phi) is 9.54. The standard InChI is InChI=1S/C19H31N3O3S2/c1-2-17(26-13-16(23)24)27-18(20)21-19(25)22(14-9-5-3-6-10-14)15-11-7-4-8-12-15/h2,14-15H,3-13H2,1H3,(H,23,24)(H2,20,21,25). The average Bonchev–Trinajstić information content (AvgIpc) is 2.66. The van der Waals surface area contributed by atoms with Crippen LogP contribution in [0.5, 0.6) is 0 Å². The van der Waals surface area contributed by atoms with Gasteiger partial charge in [-0.1, -0.05) is 44.6 Å². The molecule has 2 amide bonds. The number of rotatable bonds is 6. The molecular weight excluding hydrogens is 382 g/mol. The van der Waals surface area contributed by atoms with Crippen LogP contribution in [0.25, 0.3) is 0 Å². The molecule has 0 unspecified atom stereocenters. The Hall–Kier alpha value is -1.15. The molecule has 0 atom stereocenters. The van der Waals surface area contributed by atoms with Crippen molar-refractivity contribution >= 4 is 40.7 Å². The fraction of sp³-hybridized carbons (Fsp3) is 0.737. The van der Waals surface area contributed by atoms with E-state index in [0.717, 1.165) is 37.4 Å². The van der Waals surface area contributed by atoms with Crippen LogP contribution in [0.15, 0.2) is 10.3 Å². The number of carboxylic acid groups (broad SMARTS) is 1. The predicted molar refractivity (Wildman–Crippen MR) is 113 cm³/mol. The number of aliphatic carboxylic acids is 1. The van der Waals surface area contributed by atoms with Crippen molar-refractivity contribution < 1.29 is 14.7 Å². The van der Waals surface area contributed by atoms with Crippen LogP contribution in [0, 0.1) is 5.41 Å². The van der Waals surface area contributed by atoms with Gasteiger partial charge in [-0.3, -0.25) is 15.5 Å². The van der Waals surface area contributed by atoms with Crippen LogP contribution < -0.4 is 5.32 Å². The topological polar surface area (TPSA) is 93.5 Å². The lowest BCUT2D eigenvalue weighted by molar-refractivity contribution is -0.133. The Morgan fingerprint density at radius 1 is 1.07 bits per heavy atom. The molecule has 6 nitrogen and oxygen atoms in total. The summed E-state index contributed by atoms with van der Waals surface area (Å²) in [6.45, 7) is 1.81. The first-order valence-corrected chi connectivity index (χ1v) is 11.7. The second kappa shape index (κ2) is 11.6. The van der Waals surface area contributed by atoms with E-state index in [1.165, 1.54) is 50.3 Å². The number of carbonyl (C=O) groups is 2. The Morgan fingerprint density at radius 3 is 2.04 bits per heavy atom. The molecule has 0 aromatic carbocycles. The van der Waals surface area contributed by atoms with E-state index in [0.29, 0.717) is 4.24 Å². The number of nitrogens with zero attached hydrogens (tertiary/aromatic N) is 1. The minimum absolute atomic E-state index is 0.0514. The van der Waals surface area contributed by atoms with Gasteiger partial charge in [0.25, 0.3) is 0 Å². The van der Waals surface area contributed by atoms with Gasteiger partial charge in [-0.05, 0) is 44.4 Å². The Labute approximate surface area is 170 Å². The minimum atomic E-state index is -0.892.